The summed E-state index contributed by atoms with van der Waals surface area (Å²) in [7, 11) is 0. The average Bonchev–Trinajstić information content (AvgIpc) is 3.33. The molecular formula is C18H25N3O3. The lowest BCUT2D eigenvalue weighted by molar-refractivity contribution is -0.134. The molecule has 1 saturated heterocycles. The van der Waals surface area contributed by atoms with Crippen molar-refractivity contribution in [2.24, 2.45) is 5.92 Å². The predicted molar refractivity (Wildman–Crippen MR) is 89.2 cm³/mol. The highest BCUT2D eigenvalue weighted by Gasteiger charge is 2.38. The highest BCUT2D eigenvalue weighted by molar-refractivity contribution is 5.84. The lowest BCUT2D eigenvalue weighted by Crippen LogP contribution is -2.46. The number of nitrogens with zero attached hydrogens (tertiary/aromatic N) is 2. The number of carbonyl (C=O) groups is 2. The Bertz CT molecular complexity index is 574. The molecule has 24 heavy (non-hydrogen) atoms. The Hall–Kier alpha value is -1.95. The van der Waals surface area contributed by atoms with E-state index >= 15 is 0 Å². The Morgan fingerprint density at radius 3 is 2.71 bits per heavy atom. The minimum Gasteiger partial charge on any atom is -0.376 e. The molecule has 0 spiro atoms. The fourth-order valence-electron chi connectivity index (χ4n) is 3.18. The van der Waals surface area contributed by atoms with Crippen LogP contribution in [0.3, 0.4) is 0 Å². The molecule has 6 nitrogen and oxygen atoms in total. The summed E-state index contributed by atoms with van der Waals surface area (Å²) >= 11 is 0. The van der Waals surface area contributed by atoms with E-state index in [1.165, 1.54) is 19.8 Å². The summed E-state index contributed by atoms with van der Waals surface area (Å²) < 4.78 is 6.12. The Morgan fingerprint density at radius 2 is 2.04 bits per heavy atom. The van der Waals surface area contributed by atoms with Crippen LogP contribution in [0.4, 0.5) is 0 Å². The number of hydrogen-bond acceptors (Lipinski definition) is 4. The minimum absolute atomic E-state index is 0.0207. The zero-order valence-corrected chi connectivity index (χ0v) is 14.1. The van der Waals surface area contributed by atoms with E-state index in [2.05, 4.69) is 10.3 Å². The quantitative estimate of drug-likeness (QED) is 0.814. The molecule has 2 fully saturated rings. The highest BCUT2D eigenvalue weighted by atomic mass is 16.5. The van der Waals surface area contributed by atoms with Crippen LogP contribution in [0, 0.1) is 5.92 Å². The van der Waals surface area contributed by atoms with Crippen molar-refractivity contribution < 1.29 is 14.3 Å². The average molecular weight is 331 g/mol. The van der Waals surface area contributed by atoms with Crippen molar-refractivity contribution in [3.05, 3.63) is 30.1 Å². The first-order chi connectivity index (χ1) is 11.6. The Morgan fingerprint density at radius 1 is 1.29 bits per heavy atom. The Labute approximate surface area is 142 Å². The molecule has 2 amide bonds. The number of pyridine rings is 1. The van der Waals surface area contributed by atoms with E-state index in [0.29, 0.717) is 12.5 Å². The normalized spacial score (nSPS) is 23.3. The Kier molecular flexibility index (Phi) is 5.45. The topological polar surface area (TPSA) is 71.5 Å². The molecule has 6 heteroatoms. The SMILES string of the molecule is CC(=O)NCC(=O)N1CC[C@@H](OCC2CC2)[C@H]1Cc1ccncc1. The van der Waals surface area contributed by atoms with Crippen LogP contribution >= 0.6 is 0 Å². The van der Waals surface area contributed by atoms with Crippen molar-refractivity contribution in [2.75, 3.05) is 19.7 Å². The van der Waals surface area contributed by atoms with Crippen LogP contribution in [-0.2, 0) is 20.7 Å². The number of hydrogen-bond donors (Lipinski definition) is 1. The molecule has 1 aliphatic carbocycles. The van der Waals surface area contributed by atoms with E-state index in [1.54, 1.807) is 12.4 Å². The smallest absolute Gasteiger partial charge is 0.242 e. The van der Waals surface area contributed by atoms with Gasteiger partial charge in [-0.2, -0.15) is 0 Å². The number of likely N-dealkylation sites (tertiary alicyclic amines) is 1. The number of amides is 2. The molecule has 0 aromatic carbocycles. The van der Waals surface area contributed by atoms with Crippen LogP contribution in [-0.4, -0.2) is 53.5 Å². The maximum absolute atomic E-state index is 12.5. The minimum atomic E-state index is -0.185. The van der Waals surface area contributed by atoms with E-state index in [1.807, 2.05) is 17.0 Å². The van der Waals surface area contributed by atoms with Crippen LogP contribution in [0.1, 0.15) is 31.7 Å². The number of rotatable bonds is 7. The van der Waals surface area contributed by atoms with Crippen LogP contribution in [0.2, 0.25) is 0 Å². The molecule has 0 unspecified atom stereocenters. The monoisotopic (exact) mass is 331 g/mol. The molecule has 3 rings (SSSR count). The van der Waals surface area contributed by atoms with E-state index < -0.39 is 0 Å². The van der Waals surface area contributed by atoms with Crippen molar-refractivity contribution in [3.8, 4) is 0 Å². The van der Waals surface area contributed by atoms with E-state index in [0.717, 1.165) is 25.0 Å². The molecule has 1 aromatic rings. The molecule has 1 saturated carbocycles. The van der Waals surface area contributed by atoms with Crippen molar-refractivity contribution in [1.82, 2.24) is 15.2 Å². The highest BCUT2D eigenvalue weighted by Crippen LogP contribution is 2.31. The van der Waals surface area contributed by atoms with Crippen LogP contribution in [0.5, 0.6) is 0 Å². The standard InChI is InChI=1S/C18H25N3O3/c1-13(22)20-11-18(23)21-9-6-17(24-12-15-2-3-15)16(21)10-14-4-7-19-8-5-14/h4-5,7-8,15-17H,2-3,6,9-12H2,1H3,(H,20,22)/t16-,17-/m1/s1. The van der Waals surface area contributed by atoms with Crippen LogP contribution < -0.4 is 5.32 Å². The molecule has 1 N–H and O–H groups in total. The lowest BCUT2D eigenvalue weighted by atomic mass is 10.0. The van der Waals surface area contributed by atoms with Gasteiger partial charge in [0.05, 0.1) is 18.7 Å². The van der Waals surface area contributed by atoms with E-state index in [-0.39, 0.29) is 30.5 Å². The maximum atomic E-state index is 12.5. The van der Waals surface area contributed by atoms with Crippen LogP contribution in [0.25, 0.3) is 0 Å². The number of aromatic nitrogens is 1. The first-order valence-electron chi connectivity index (χ1n) is 8.68. The number of ether oxygens (including phenoxy) is 1. The van der Waals surface area contributed by atoms with E-state index in [9.17, 15) is 9.59 Å². The number of carbonyl (C=O) groups excluding carboxylic acids is 2. The van der Waals surface area contributed by atoms with Crippen LogP contribution in [0.15, 0.2) is 24.5 Å². The summed E-state index contributed by atoms with van der Waals surface area (Å²) in [6, 6.07) is 3.98. The molecule has 0 bridgehead atoms. The molecule has 130 valence electrons. The van der Waals surface area contributed by atoms with Crippen molar-refractivity contribution in [1.29, 1.82) is 0 Å². The summed E-state index contributed by atoms with van der Waals surface area (Å²) in [5.74, 6) is 0.479. The van der Waals surface area contributed by atoms with Gasteiger partial charge in [0.1, 0.15) is 0 Å². The van der Waals surface area contributed by atoms with Gasteiger partial charge in [0.25, 0.3) is 0 Å². The second kappa shape index (κ2) is 7.75. The molecule has 2 atom stereocenters. The fraction of sp³-hybridized carbons (Fsp3) is 0.611. The summed E-state index contributed by atoms with van der Waals surface area (Å²) in [6.45, 7) is 2.96. The van der Waals surface area contributed by atoms with Gasteiger partial charge in [0.2, 0.25) is 11.8 Å². The molecule has 0 radical (unpaired) electrons. The first kappa shape index (κ1) is 16.9. The number of nitrogens with one attached hydrogen (secondary N) is 1. The third-order valence-corrected chi connectivity index (χ3v) is 4.73. The third-order valence-electron chi connectivity index (χ3n) is 4.73. The van der Waals surface area contributed by atoms with Crippen molar-refractivity contribution >= 4 is 11.8 Å². The van der Waals surface area contributed by atoms with Crippen molar-refractivity contribution in [2.45, 2.75) is 44.8 Å². The lowest BCUT2D eigenvalue weighted by Gasteiger charge is -2.28. The zero-order valence-electron chi connectivity index (χ0n) is 14.1. The van der Waals surface area contributed by atoms with Gasteiger partial charge in [-0.1, -0.05) is 0 Å². The van der Waals surface area contributed by atoms with Gasteiger partial charge >= 0.3 is 0 Å². The van der Waals surface area contributed by atoms with Gasteiger partial charge < -0.3 is 15.0 Å². The molecule has 1 aromatic heterocycles. The van der Waals surface area contributed by atoms with Gasteiger partial charge in [-0.15, -0.1) is 0 Å². The van der Waals surface area contributed by atoms with Gasteiger partial charge in [0.15, 0.2) is 0 Å². The molecule has 2 heterocycles. The summed E-state index contributed by atoms with van der Waals surface area (Å²) in [4.78, 5) is 29.5. The van der Waals surface area contributed by atoms with Gasteiger partial charge in [-0.05, 0) is 49.3 Å². The fourth-order valence-corrected chi connectivity index (χ4v) is 3.18. The van der Waals surface area contributed by atoms with Gasteiger partial charge in [0, 0.05) is 32.5 Å². The zero-order chi connectivity index (χ0) is 16.9. The maximum Gasteiger partial charge on any atom is 0.242 e. The Balaban J connectivity index is 1.66. The largest absolute Gasteiger partial charge is 0.376 e. The predicted octanol–water partition coefficient (Wildman–Crippen LogP) is 1.16. The second-order valence-electron chi connectivity index (χ2n) is 6.73. The van der Waals surface area contributed by atoms with Gasteiger partial charge in [-0.3, -0.25) is 14.6 Å². The summed E-state index contributed by atoms with van der Waals surface area (Å²) in [6.07, 6.45) is 7.74. The third kappa shape index (κ3) is 4.54. The first-order valence-corrected chi connectivity index (χ1v) is 8.68. The molecule has 2 aliphatic rings. The van der Waals surface area contributed by atoms with E-state index in [4.69, 9.17) is 4.74 Å². The summed E-state index contributed by atoms with van der Waals surface area (Å²) in [5, 5.41) is 2.60. The summed E-state index contributed by atoms with van der Waals surface area (Å²) in [5.41, 5.74) is 1.15. The molecule has 1 aliphatic heterocycles. The van der Waals surface area contributed by atoms with Gasteiger partial charge in [-0.25, -0.2) is 0 Å². The molecular weight excluding hydrogens is 306 g/mol. The van der Waals surface area contributed by atoms with Crippen molar-refractivity contribution in [3.63, 3.8) is 0 Å². The second-order valence-corrected chi connectivity index (χ2v) is 6.73.